The molecule has 2 aromatic carbocycles. The van der Waals surface area contributed by atoms with Crippen LogP contribution >= 0.6 is 0 Å². The van der Waals surface area contributed by atoms with E-state index < -0.39 is 0 Å². The lowest BCUT2D eigenvalue weighted by Crippen LogP contribution is -2.25. The topological polar surface area (TPSA) is 94.3 Å². The molecule has 3 aromatic heterocycles. The predicted octanol–water partition coefficient (Wildman–Crippen LogP) is 5.03. The fourth-order valence-corrected chi connectivity index (χ4v) is 4.78. The highest BCUT2D eigenvalue weighted by Crippen LogP contribution is 2.29. The monoisotopic (exact) mass is 493 g/mol. The molecule has 5 aromatic rings. The van der Waals surface area contributed by atoms with Gasteiger partial charge in [-0.2, -0.15) is 5.21 Å². The molecule has 0 spiro atoms. The molecule has 188 valence electrons. The minimum Gasteiger partial charge on any atom is -0.296 e. The first kappa shape index (κ1) is 24.4. The van der Waals surface area contributed by atoms with Crippen LogP contribution in [-0.4, -0.2) is 34.7 Å². The second kappa shape index (κ2) is 11.2. The molecule has 0 atom stereocenters. The number of para-hydroxylation sites is 1. The van der Waals surface area contributed by atoms with Crippen molar-refractivity contribution < 1.29 is 0 Å². The Morgan fingerprint density at radius 2 is 1.65 bits per heavy atom. The summed E-state index contributed by atoms with van der Waals surface area (Å²) in [6.45, 7) is 4.89. The van der Waals surface area contributed by atoms with Crippen LogP contribution < -0.4 is 5.69 Å². The van der Waals surface area contributed by atoms with Gasteiger partial charge in [0.2, 0.25) is 5.82 Å². The third kappa shape index (κ3) is 5.14. The number of nitrogens with zero attached hydrogens (tertiary/aromatic N) is 6. The fourth-order valence-electron chi connectivity index (χ4n) is 4.78. The standard InChI is InChI=1S/C29H31N7O/c1-3-9-21-11-5-8-14-27(21)36-20-24(10-4-2)35(29(36)37)18-17-23-16-15-22(19-30-23)25-12-6-7-13-26(25)28-31-33-34-32-28/h5-8,11-16,19-20H,3-4,9-10,17-18H2,1-2H3,(H,31,32,33,34). The lowest BCUT2D eigenvalue weighted by Gasteiger charge is -2.09. The fraction of sp³-hybridized carbons (Fsp3) is 0.276. The molecule has 0 radical (unpaired) electrons. The zero-order valence-electron chi connectivity index (χ0n) is 21.3. The van der Waals surface area contributed by atoms with E-state index in [1.54, 1.807) is 0 Å². The number of hydrogen-bond donors (Lipinski definition) is 1. The van der Waals surface area contributed by atoms with Gasteiger partial charge in [-0.05, 0) is 41.3 Å². The number of nitrogens with one attached hydrogen (secondary N) is 1. The zero-order valence-corrected chi connectivity index (χ0v) is 21.3. The molecule has 0 aliphatic heterocycles. The summed E-state index contributed by atoms with van der Waals surface area (Å²) in [6, 6.07) is 20.2. The van der Waals surface area contributed by atoms with Crippen LogP contribution in [0.2, 0.25) is 0 Å². The SMILES string of the molecule is CCCc1ccccc1-n1cc(CCC)n(CCc2ccc(-c3ccccc3-c3nn[nH]n3)cn2)c1=O. The number of tetrazole rings is 1. The summed E-state index contributed by atoms with van der Waals surface area (Å²) in [5.74, 6) is 0.549. The molecule has 37 heavy (non-hydrogen) atoms. The van der Waals surface area contributed by atoms with Crippen molar-refractivity contribution in [2.75, 3.05) is 0 Å². The number of H-pyrrole nitrogens is 1. The highest BCUT2D eigenvalue weighted by molar-refractivity contribution is 5.79. The number of aromatic amines is 1. The van der Waals surface area contributed by atoms with Gasteiger partial charge in [0, 0.05) is 47.9 Å². The Morgan fingerprint density at radius 3 is 2.38 bits per heavy atom. The van der Waals surface area contributed by atoms with Gasteiger partial charge in [0.1, 0.15) is 0 Å². The number of hydrogen-bond acceptors (Lipinski definition) is 5. The molecule has 1 N–H and O–H groups in total. The quantitative estimate of drug-likeness (QED) is 0.295. The van der Waals surface area contributed by atoms with Gasteiger partial charge in [-0.15, -0.1) is 10.2 Å². The van der Waals surface area contributed by atoms with E-state index in [4.69, 9.17) is 4.98 Å². The minimum atomic E-state index is 0.0117. The first-order valence-corrected chi connectivity index (χ1v) is 12.9. The summed E-state index contributed by atoms with van der Waals surface area (Å²) in [5.41, 5.74) is 7.06. The van der Waals surface area contributed by atoms with Crippen LogP contribution in [0.5, 0.6) is 0 Å². The lowest BCUT2D eigenvalue weighted by molar-refractivity contribution is 0.620. The van der Waals surface area contributed by atoms with E-state index in [9.17, 15) is 4.79 Å². The van der Waals surface area contributed by atoms with Crippen LogP contribution in [0.25, 0.3) is 28.2 Å². The highest BCUT2D eigenvalue weighted by Gasteiger charge is 2.15. The summed E-state index contributed by atoms with van der Waals surface area (Å²) in [7, 11) is 0. The first-order chi connectivity index (χ1) is 18.2. The van der Waals surface area contributed by atoms with Crippen LogP contribution in [0.3, 0.4) is 0 Å². The molecule has 0 aliphatic rings. The Balaban J connectivity index is 1.39. The maximum atomic E-state index is 13.5. The normalized spacial score (nSPS) is 11.2. The van der Waals surface area contributed by atoms with Crippen LogP contribution in [0.15, 0.2) is 77.9 Å². The van der Waals surface area contributed by atoms with Gasteiger partial charge in [0.25, 0.3) is 0 Å². The van der Waals surface area contributed by atoms with E-state index in [1.807, 2.05) is 70.1 Å². The Bertz CT molecular complexity index is 1510. The molecule has 8 nitrogen and oxygen atoms in total. The third-order valence-electron chi connectivity index (χ3n) is 6.58. The van der Waals surface area contributed by atoms with Crippen molar-refractivity contribution in [3.05, 3.63) is 100 Å². The molecule has 0 fully saturated rings. The van der Waals surface area contributed by atoms with Crippen molar-refractivity contribution in [3.63, 3.8) is 0 Å². The molecule has 0 bridgehead atoms. The van der Waals surface area contributed by atoms with Gasteiger partial charge in [0.15, 0.2) is 0 Å². The summed E-state index contributed by atoms with van der Waals surface area (Å²) in [4.78, 5) is 18.2. The Hall–Kier alpha value is -4.33. The van der Waals surface area contributed by atoms with E-state index in [0.29, 0.717) is 18.8 Å². The van der Waals surface area contributed by atoms with Gasteiger partial charge in [-0.25, -0.2) is 4.79 Å². The maximum absolute atomic E-state index is 13.5. The number of rotatable bonds is 10. The van der Waals surface area contributed by atoms with Crippen molar-refractivity contribution in [2.24, 2.45) is 0 Å². The van der Waals surface area contributed by atoms with E-state index in [1.165, 1.54) is 5.56 Å². The minimum absolute atomic E-state index is 0.0117. The molecule has 0 saturated heterocycles. The molecular formula is C29H31N7O. The third-order valence-corrected chi connectivity index (χ3v) is 6.58. The van der Waals surface area contributed by atoms with Crippen molar-refractivity contribution in [2.45, 2.75) is 52.5 Å². The predicted molar refractivity (Wildman–Crippen MR) is 145 cm³/mol. The molecule has 3 heterocycles. The van der Waals surface area contributed by atoms with E-state index in [-0.39, 0.29) is 5.69 Å². The van der Waals surface area contributed by atoms with Gasteiger partial charge in [-0.1, -0.05) is 75.2 Å². The van der Waals surface area contributed by atoms with Crippen molar-refractivity contribution in [1.29, 1.82) is 0 Å². The zero-order chi connectivity index (χ0) is 25.6. The van der Waals surface area contributed by atoms with Crippen molar-refractivity contribution >= 4 is 0 Å². The summed E-state index contributed by atoms with van der Waals surface area (Å²) < 4.78 is 3.73. The molecule has 5 rings (SSSR count). The Morgan fingerprint density at radius 1 is 0.865 bits per heavy atom. The van der Waals surface area contributed by atoms with Crippen LogP contribution in [-0.2, 0) is 25.8 Å². The van der Waals surface area contributed by atoms with Gasteiger partial charge >= 0.3 is 5.69 Å². The maximum Gasteiger partial charge on any atom is 0.332 e. The van der Waals surface area contributed by atoms with Gasteiger partial charge in [0.05, 0.1) is 5.69 Å². The Labute approximate surface area is 216 Å². The van der Waals surface area contributed by atoms with Gasteiger partial charge < -0.3 is 0 Å². The first-order valence-electron chi connectivity index (χ1n) is 12.9. The van der Waals surface area contributed by atoms with E-state index >= 15 is 0 Å². The molecule has 0 aliphatic carbocycles. The van der Waals surface area contributed by atoms with Crippen LogP contribution in [0.4, 0.5) is 0 Å². The average molecular weight is 494 g/mol. The number of aromatic nitrogens is 7. The number of pyridine rings is 1. The number of aryl methyl sites for hydroxylation is 3. The lowest BCUT2D eigenvalue weighted by atomic mass is 10.0. The summed E-state index contributed by atoms with van der Waals surface area (Å²) in [6.07, 6.45) is 8.38. The molecule has 0 amide bonds. The second-order valence-electron chi connectivity index (χ2n) is 9.12. The second-order valence-corrected chi connectivity index (χ2v) is 9.12. The van der Waals surface area contributed by atoms with Crippen molar-refractivity contribution in [1.82, 2.24) is 34.7 Å². The van der Waals surface area contributed by atoms with E-state index in [0.717, 1.165) is 59.4 Å². The van der Waals surface area contributed by atoms with Crippen LogP contribution in [0.1, 0.15) is 43.6 Å². The molecule has 0 saturated carbocycles. The van der Waals surface area contributed by atoms with Gasteiger partial charge in [-0.3, -0.25) is 14.1 Å². The summed E-state index contributed by atoms with van der Waals surface area (Å²) in [5, 5.41) is 14.4. The smallest absolute Gasteiger partial charge is 0.296 e. The van der Waals surface area contributed by atoms with Crippen molar-refractivity contribution in [3.8, 4) is 28.2 Å². The molecule has 0 unspecified atom stereocenters. The molecule has 8 heteroatoms. The summed E-state index contributed by atoms with van der Waals surface area (Å²) >= 11 is 0. The molecular weight excluding hydrogens is 462 g/mol. The van der Waals surface area contributed by atoms with Crippen LogP contribution in [0, 0.1) is 0 Å². The number of imidazole rings is 1. The highest BCUT2D eigenvalue weighted by atomic mass is 16.1. The largest absolute Gasteiger partial charge is 0.332 e. The average Bonchev–Trinajstić information content (AvgIpc) is 3.57. The Kier molecular flexibility index (Phi) is 7.35. The van der Waals surface area contributed by atoms with E-state index in [2.05, 4.69) is 46.6 Å². The number of benzene rings is 2.